The van der Waals surface area contributed by atoms with Crippen LogP contribution in [0.4, 0.5) is 0 Å². The highest BCUT2D eigenvalue weighted by atomic mass is 14.9. The van der Waals surface area contributed by atoms with Crippen LogP contribution < -0.4 is 5.32 Å². The number of nitrogens with one attached hydrogen (secondary N) is 1. The minimum Gasteiger partial charge on any atom is -0.314 e. The Hall–Kier alpha value is -0.820. The van der Waals surface area contributed by atoms with Gasteiger partial charge in [-0.3, -0.25) is 0 Å². The Morgan fingerprint density at radius 3 is 2.31 bits per heavy atom. The predicted molar refractivity (Wildman–Crippen MR) is 69.8 cm³/mol. The van der Waals surface area contributed by atoms with Gasteiger partial charge in [-0.05, 0) is 24.8 Å². The number of hydrogen-bond acceptors (Lipinski definition) is 1. The van der Waals surface area contributed by atoms with Crippen LogP contribution in [0.15, 0.2) is 24.3 Å². The van der Waals surface area contributed by atoms with Gasteiger partial charge in [-0.25, -0.2) is 0 Å². The number of hydrogen-bond donors (Lipinski definition) is 1. The van der Waals surface area contributed by atoms with E-state index in [1.165, 1.54) is 17.5 Å². The van der Waals surface area contributed by atoms with Gasteiger partial charge in [0, 0.05) is 18.0 Å². The third-order valence-corrected chi connectivity index (χ3v) is 3.91. The summed E-state index contributed by atoms with van der Waals surface area (Å²) in [6, 6.07) is 9.66. The maximum atomic E-state index is 3.59. The maximum absolute atomic E-state index is 3.59. The second-order valence-electron chi connectivity index (χ2n) is 5.66. The molecule has 16 heavy (non-hydrogen) atoms. The smallest absolute Gasteiger partial charge is 0.0107 e. The lowest BCUT2D eigenvalue weighted by Gasteiger charge is -2.20. The zero-order valence-corrected chi connectivity index (χ0v) is 10.9. The molecule has 1 aromatic carbocycles. The van der Waals surface area contributed by atoms with E-state index < -0.39 is 0 Å². The van der Waals surface area contributed by atoms with Gasteiger partial charge < -0.3 is 5.32 Å². The molecule has 1 N–H and O–H groups in total. The fraction of sp³-hybridized carbons (Fsp3) is 0.600. The molecule has 0 bridgehead atoms. The molecule has 0 aliphatic heterocycles. The van der Waals surface area contributed by atoms with Crippen molar-refractivity contribution in [2.75, 3.05) is 6.54 Å². The molecule has 1 aliphatic rings. The fourth-order valence-corrected chi connectivity index (χ4v) is 2.51. The first-order chi connectivity index (χ1) is 7.54. The Balaban J connectivity index is 2.13. The number of benzene rings is 1. The highest BCUT2D eigenvalue weighted by molar-refractivity contribution is 5.35. The van der Waals surface area contributed by atoms with Crippen molar-refractivity contribution in [3.8, 4) is 0 Å². The number of rotatable bonds is 4. The summed E-state index contributed by atoms with van der Waals surface area (Å²) < 4.78 is 0. The third kappa shape index (κ3) is 2.15. The van der Waals surface area contributed by atoms with E-state index in [0.717, 1.165) is 12.5 Å². The van der Waals surface area contributed by atoms with Crippen LogP contribution in [0.2, 0.25) is 0 Å². The maximum Gasteiger partial charge on any atom is 0.0107 e. The summed E-state index contributed by atoms with van der Waals surface area (Å²) in [5, 5.41) is 3.59. The van der Waals surface area contributed by atoms with Crippen molar-refractivity contribution in [3.63, 3.8) is 0 Å². The second kappa shape index (κ2) is 4.21. The Bertz CT molecular complexity index is 352. The monoisotopic (exact) mass is 217 g/mol. The lowest BCUT2D eigenvalue weighted by molar-refractivity contribution is 0.499. The van der Waals surface area contributed by atoms with Gasteiger partial charge in [-0.15, -0.1) is 0 Å². The molecule has 1 aliphatic carbocycles. The van der Waals surface area contributed by atoms with Crippen LogP contribution in [-0.2, 0) is 5.41 Å². The molecule has 0 spiro atoms. The highest BCUT2D eigenvalue weighted by Gasteiger charge is 2.51. The van der Waals surface area contributed by atoms with Gasteiger partial charge in [-0.1, -0.05) is 50.6 Å². The third-order valence-electron chi connectivity index (χ3n) is 3.91. The lowest BCUT2D eigenvalue weighted by atomic mass is 9.92. The molecule has 1 nitrogen and oxygen atoms in total. The molecule has 0 heterocycles. The quantitative estimate of drug-likeness (QED) is 0.816. The molecule has 1 aromatic rings. The summed E-state index contributed by atoms with van der Waals surface area (Å²) in [6.45, 7) is 10.1. The van der Waals surface area contributed by atoms with Crippen LogP contribution in [0.3, 0.4) is 0 Å². The topological polar surface area (TPSA) is 12.0 Å². The summed E-state index contributed by atoms with van der Waals surface area (Å²) >= 11 is 0. The van der Waals surface area contributed by atoms with E-state index >= 15 is 0 Å². The lowest BCUT2D eigenvalue weighted by Crippen LogP contribution is -2.33. The molecule has 0 saturated heterocycles. The van der Waals surface area contributed by atoms with E-state index in [1.54, 1.807) is 0 Å². The van der Waals surface area contributed by atoms with E-state index in [-0.39, 0.29) is 0 Å². The molecule has 0 radical (unpaired) electrons. The molecular formula is C15H23N. The van der Waals surface area contributed by atoms with Crippen molar-refractivity contribution in [2.24, 2.45) is 5.92 Å². The van der Waals surface area contributed by atoms with Gasteiger partial charge >= 0.3 is 0 Å². The molecule has 1 heteroatoms. The van der Waals surface area contributed by atoms with Crippen LogP contribution in [0.1, 0.15) is 38.3 Å². The largest absolute Gasteiger partial charge is 0.314 e. The van der Waals surface area contributed by atoms with E-state index in [1.807, 2.05) is 0 Å². The Kier molecular flexibility index (Phi) is 3.07. The van der Waals surface area contributed by atoms with Gasteiger partial charge in [0.15, 0.2) is 0 Å². The molecule has 2 rings (SSSR count). The normalized spacial score (nSPS) is 28.4. The Morgan fingerprint density at radius 2 is 1.88 bits per heavy atom. The molecule has 1 saturated carbocycles. The van der Waals surface area contributed by atoms with Crippen LogP contribution in [-0.4, -0.2) is 12.6 Å². The van der Waals surface area contributed by atoms with E-state index in [9.17, 15) is 0 Å². The first-order valence-electron chi connectivity index (χ1n) is 6.35. The van der Waals surface area contributed by atoms with Crippen molar-refractivity contribution in [3.05, 3.63) is 35.4 Å². The van der Waals surface area contributed by atoms with Crippen LogP contribution in [0.5, 0.6) is 0 Å². The minimum atomic E-state index is 0.415. The zero-order chi connectivity index (χ0) is 11.8. The molecular weight excluding hydrogens is 194 g/mol. The average molecular weight is 217 g/mol. The molecule has 1 fully saturated rings. The molecule has 2 unspecified atom stereocenters. The highest BCUT2D eigenvalue weighted by Crippen LogP contribution is 2.53. The summed E-state index contributed by atoms with van der Waals surface area (Å²) in [5.41, 5.74) is 3.28. The standard InChI is InChI=1S/C15H23N/c1-11(2)16-10-15(9-13(15)4)14-7-5-12(3)6-8-14/h5-8,11,13,16H,9-10H2,1-4H3. The summed E-state index contributed by atoms with van der Waals surface area (Å²) in [5.74, 6) is 0.821. The first-order valence-corrected chi connectivity index (χ1v) is 6.35. The van der Waals surface area contributed by atoms with Crippen LogP contribution in [0, 0.1) is 12.8 Å². The molecule has 0 aromatic heterocycles. The van der Waals surface area contributed by atoms with Crippen molar-refractivity contribution in [1.82, 2.24) is 5.32 Å². The average Bonchev–Trinajstić information content (AvgIpc) is 2.89. The Morgan fingerprint density at radius 1 is 1.31 bits per heavy atom. The molecule has 88 valence electrons. The second-order valence-corrected chi connectivity index (χ2v) is 5.66. The van der Waals surface area contributed by atoms with Gasteiger partial charge in [0.2, 0.25) is 0 Å². The van der Waals surface area contributed by atoms with Crippen molar-refractivity contribution in [2.45, 2.75) is 45.6 Å². The van der Waals surface area contributed by atoms with E-state index in [0.29, 0.717) is 11.5 Å². The van der Waals surface area contributed by atoms with Crippen molar-refractivity contribution < 1.29 is 0 Å². The predicted octanol–water partition coefficient (Wildman–Crippen LogP) is 3.27. The van der Waals surface area contributed by atoms with E-state index in [4.69, 9.17) is 0 Å². The molecule has 2 atom stereocenters. The van der Waals surface area contributed by atoms with E-state index in [2.05, 4.69) is 57.3 Å². The van der Waals surface area contributed by atoms with Crippen LogP contribution in [0.25, 0.3) is 0 Å². The summed E-state index contributed by atoms with van der Waals surface area (Å²) in [7, 11) is 0. The van der Waals surface area contributed by atoms with Crippen molar-refractivity contribution >= 4 is 0 Å². The summed E-state index contributed by atoms with van der Waals surface area (Å²) in [6.07, 6.45) is 1.33. The SMILES string of the molecule is Cc1ccc(C2(CNC(C)C)CC2C)cc1. The minimum absolute atomic E-state index is 0.415. The zero-order valence-electron chi connectivity index (χ0n) is 10.9. The van der Waals surface area contributed by atoms with Gasteiger partial charge in [0.1, 0.15) is 0 Å². The first kappa shape index (κ1) is 11.7. The summed E-state index contributed by atoms with van der Waals surface area (Å²) in [4.78, 5) is 0. The number of aryl methyl sites for hydroxylation is 1. The van der Waals surface area contributed by atoms with Crippen LogP contribution >= 0.6 is 0 Å². The van der Waals surface area contributed by atoms with Gasteiger partial charge in [0.05, 0.1) is 0 Å². The Labute approximate surface area is 99.3 Å². The van der Waals surface area contributed by atoms with Gasteiger partial charge in [0.25, 0.3) is 0 Å². The fourth-order valence-electron chi connectivity index (χ4n) is 2.51. The van der Waals surface area contributed by atoms with Crippen molar-refractivity contribution in [1.29, 1.82) is 0 Å². The van der Waals surface area contributed by atoms with Gasteiger partial charge in [-0.2, -0.15) is 0 Å². The molecule has 0 amide bonds.